The summed E-state index contributed by atoms with van der Waals surface area (Å²) < 4.78 is 18.6. The molecule has 1 atom stereocenters. The quantitative estimate of drug-likeness (QED) is 0.734. The SMILES string of the molecule is Cc1cc(OC[C@@H]2CCCN2C)cnc1F. The summed E-state index contributed by atoms with van der Waals surface area (Å²) >= 11 is 0. The maximum Gasteiger partial charge on any atom is 0.215 e. The molecule has 1 aromatic heterocycles. The molecule has 0 saturated carbocycles. The predicted octanol–water partition coefficient (Wildman–Crippen LogP) is 2.00. The number of rotatable bonds is 3. The summed E-state index contributed by atoms with van der Waals surface area (Å²) in [7, 11) is 2.11. The molecule has 0 N–H and O–H groups in total. The Kier molecular flexibility index (Phi) is 3.39. The van der Waals surface area contributed by atoms with Crippen LogP contribution in [0.1, 0.15) is 18.4 Å². The van der Waals surface area contributed by atoms with E-state index in [1.54, 1.807) is 13.0 Å². The fraction of sp³-hybridized carbons (Fsp3) is 0.583. The minimum absolute atomic E-state index is 0.426. The maximum atomic E-state index is 12.9. The molecule has 0 bridgehead atoms. The lowest BCUT2D eigenvalue weighted by Gasteiger charge is -2.19. The Morgan fingerprint density at radius 2 is 2.44 bits per heavy atom. The van der Waals surface area contributed by atoms with E-state index in [4.69, 9.17) is 4.74 Å². The zero-order valence-electron chi connectivity index (χ0n) is 9.74. The van der Waals surface area contributed by atoms with Crippen LogP contribution in [0.25, 0.3) is 0 Å². The highest BCUT2D eigenvalue weighted by Gasteiger charge is 2.21. The first-order chi connectivity index (χ1) is 7.66. The van der Waals surface area contributed by atoms with E-state index in [0.29, 0.717) is 24.0 Å². The molecule has 0 unspecified atom stereocenters. The van der Waals surface area contributed by atoms with Crippen molar-refractivity contribution in [2.75, 3.05) is 20.2 Å². The van der Waals surface area contributed by atoms with Crippen LogP contribution in [-0.4, -0.2) is 36.1 Å². The molecule has 88 valence electrons. The molecule has 1 aliphatic heterocycles. The van der Waals surface area contributed by atoms with Gasteiger partial charge in [0.15, 0.2) is 0 Å². The molecular formula is C12H17FN2O. The van der Waals surface area contributed by atoms with Gasteiger partial charge in [-0.1, -0.05) is 0 Å². The number of pyridine rings is 1. The molecule has 2 rings (SSSR count). The van der Waals surface area contributed by atoms with Crippen molar-refractivity contribution in [1.82, 2.24) is 9.88 Å². The van der Waals surface area contributed by atoms with Gasteiger partial charge >= 0.3 is 0 Å². The summed E-state index contributed by atoms with van der Waals surface area (Å²) in [5.74, 6) is 0.226. The van der Waals surface area contributed by atoms with Crippen LogP contribution >= 0.6 is 0 Å². The number of ether oxygens (including phenoxy) is 1. The van der Waals surface area contributed by atoms with E-state index in [1.165, 1.54) is 19.0 Å². The van der Waals surface area contributed by atoms with Crippen LogP contribution in [0.4, 0.5) is 4.39 Å². The minimum Gasteiger partial charge on any atom is -0.490 e. The standard InChI is InChI=1S/C12H17FN2O/c1-9-6-11(7-14-12(9)13)16-8-10-4-3-5-15(10)2/h6-7,10H,3-5,8H2,1-2H3/t10-/m0/s1. The third kappa shape index (κ3) is 2.50. The molecule has 16 heavy (non-hydrogen) atoms. The fourth-order valence-electron chi connectivity index (χ4n) is 1.99. The topological polar surface area (TPSA) is 25.4 Å². The molecule has 0 amide bonds. The van der Waals surface area contributed by atoms with Crippen LogP contribution in [-0.2, 0) is 0 Å². The van der Waals surface area contributed by atoms with Gasteiger partial charge in [0.25, 0.3) is 0 Å². The average Bonchev–Trinajstić information content (AvgIpc) is 2.66. The number of hydrogen-bond donors (Lipinski definition) is 0. The second-order valence-electron chi connectivity index (χ2n) is 4.37. The summed E-state index contributed by atoms with van der Waals surface area (Å²) in [4.78, 5) is 5.93. The summed E-state index contributed by atoms with van der Waals surface area (Å²) in [6, 6.07) is 2.17. The molecule has 2 heterocycles. The zero-order chi connectivity index (χ0) is 11.5. The van der Waals surface area contributed by atoms with Gasteiger partial charge in [-0.25, -0.2) is 4.98 Å². The average molecular weight is 224 g/mol. The molecule has 1 aromatic rings. The van der Waals surface area contributed by atoms with Gasteiger partial charge in [-0.2, -0.15) is 4.39 Å². The Bertz CT molecular complexity index is 370. The van der Waals surface area contributed by atoms with Gasteiger partial charge in [-0.3, -0.25) is 0 Å². The first-order valence-corrected chi connectivity index (χ1v) is 5.62. The van der Waals surface area contributed by atoms with Crippen molar-refractivity contribution < 1.29 is 9.13 Å². The number of aromatic nitrogens is 1. The van der Waals surface area contributed by atoms with Gasteiger partial charge in [0, 0.05) is 11.6 Å². The lowest BCUT2D eigenvalue weighted by Crippen LogP contribution is -2.30. The van der Waals surface area contributed by atoms with Crippen LogP contribution in [0.2, 0.25) is 0 Å². The molecule has 0 aromatic carbocycles. The normalized spacial score (nSPS) is 21.3. The lowest BCUT2D eigenvalue weighted by molar-refractivity contribution is 0.197. The van der Waals surface area contributed by atoms with E-state index in [2.05, 4.69) is 16.9 Å². The number of hydrogen-bond acceptors (Lipinski definition) is 3. The maximum absolute atomic E-state index is 12.9. The summed E-state index contributed by atoms with van der Waals surface area (Å²) in [5.41, 5.74) is 0.525. The van der Waals surface area contributed by atoms with E-state index in [0.717, 1.165) is 6.54 Å². The summed E-state index contributed by atoms with van der Waals surface area (Å²) in [6.45, 7) is 3.48. The summed E-state index contributed by atoms with van der Waals surface area (Å²) in [5, 5.41) is 0. The second kappa shape index (κ2) is 4.78. The smallest absolute Gasteiger partial charge is 0.215 e. The number of likely N-dealkylation sites (tertiary alicyclic amines) is 1. The van der Waals surface area contributed by atoms with Crippen LogP contribution in [0.5, 0.6) is 5.75 Å². The highest BCUT2D eigenvalue weighted by atomic mass is 19.1. The Hall–Kier alpha value is -1.16. The van der Waals surface area contributed by atoms with Gasteiger partial charge in [0.05, 0.1) is 6.20 Å². The molecule has 3 nitrogen and oxygen atoms in total. The van der Waals surface area contributed by atoms with Crippen LogP contribution < -0.4 is 4.74 Å². The molecule has 0 radical (unpaired) electrons. The second-order valence-corrected chi connectivity index (χ2v) is 4.37. The number of halogens is 1. The third-order valence-corrected chi connectivity index (χ3v) is 3.10. The fourth-order valence-corrected chi connectivity index (χ4v) is 1.99. The molecular weight excluding hydrogens is 207 g/mol. The summed E-state index contributed by atoms with van der Waals surface area (Å²) in [6.07, 6.45) is 3.84. The van der Waals surface area contributed by atoms with Crippen molar-refractivity contribution in [3.05, 3.63) is 23.8 Å². The first kappa shape index (κ1) is 11.3. The van der Waals surface area contributed by atoms with E-state index >= 15 is 0 Å². The van der Waals surface area contributed by atoms with Crippen LogP contribution in [0.15, 0.2) is 12.3 Å². The van der Waals surface area contributed by atoms with E-state index in [9.17, 15) is 4.39 Å². The molecule has 0 spiro atoms. The largest absolute Gasteiger partial charge is 0.490 e. The molecule has 1 aliphatic rings. The molecule has 1 saturated heterocycles. The van der Waals surface area contributed by atoms with E-state index in [-0.39, 0.29) is 0 Å². The van der Waals surface area contributed by atoms with Crippen molar-refractivity contribution in [3.8, 4) is 5.75 Å². The van der Waals surface area contributed by atoms with Crippen LogP contribution in [0, 0.1) is 12.9 Å². The monoisotopic (exact) mass is 224 g/mol. The zero-order valence-corrected chi connectivity index (χ0v) is 9.74. The third-order valence-electron chi connectivity index (χ3n) is 3.10. The molecule has 1 fully saturated rings. The van der Waals surface area contributed by atoms with Gasteiger partial charge in [0.2, 0.25) is 5.95 Å². The first-order valence-electron chi connectivity index (χ1n) is 5.62. The van der Waals surface area contributed by atoms with Crippen LogP contribution in [0.3, 0.4) is 0 Å². The van der Waals surface area contributed by atoms with E-state index in [1.807, 2.05) is 0 Å². The van der Waals surface area contributed by atoms with Gasteiger partial charge < -0.3 is 9.64 Å². The van der Waals surface area contributed by atoms with Crippen molar-refractivity contribution in [2.24, 2.45) is 0 Å². The molecule has 4 heteroatoms. The highest BCUT2D eigenvalue weighted by molar-refractivity contribution is 5.23. The Balaban J connectivity index is 1.91. The Morgan fingerprint density at radius 1 is 1.62 bits per heavy atom. The highest BCUT2D eigenvalue weighted by Crippen LogP contribution is 2.18. The van der Waals surface area contributed by atoms with Gasteiger partial charge in [0.1, 0.15) is 12.4 Å². The van der Waals surface area contributed by atoms with Crippen molar-refractivity contribution in [2.45, 2.75) is 25.8 Å². The number of nitrogens with zero attached hydrogens (tertiary/aromatic N) is 2. The van der Waals surface area contributed by atoms with Crippen molar-refractivity contribution in [3.63, 3.8) is 0 Å². The van der Waals surface area contributed by atoms with Crippen molar-refractivity contribution in [1.29, 1.82) is 0 Å². The van der Waals surface area contributed by atoms with Crippen molar-refractivity contribution >= 4 is 0 Å². The molecule has 0 aliphatic carbocycles. The lowest BCUT2D eigenvalue weighted by atomic mass is 10.2. The minimum atomic E-state index is -0.426. The Morgan fingerprint density at radius 3 is 3.06 bits per heavy atom. The van der Waals surface area contributed by atoms with E-state index < -0.39 is 5.95 Å². The Labute approximate surface area is 95.2 Å². The number of likely N-dealkylation sites (N-methyl/N-ethyl adjacent to an activating group) is 1. The van der Waals surface area contributed by atoms with Gasteiger partial charge in [-0.15, -0.1) is 0 Å². The predicted molar refractivity (Wildman–Crippen MR) is 60.1 cm³/mol. The number of aryl methyl sites for hydroxylation is 1. The van der Waals surface area contributed by atoms with Gasteiger partial charge in [-0.05, 0) is 39.4 Å².